The molecule has 3 unspecified atom stereocenters. The van der Waals surface area contributed by atoms with Crippen LogP contribution in [0.25, 0.3) is 28.2 Å². The van der Waals surface area contributed by atoms with Crippen LogP contribution in [0.2, 0.25) is 0 Å². The summed E-state index contributed by atoms with van der Waals surface area (Å²) in [6, 6.07) is 26.5. The summed E-state index contributed by atoms with van der Waals surface area (Å²) in [5.41, 5.74) is 11.5. The molecule has 1 aromatic heterocycles. The largest absolute Gasteiger partial charge is 0.331 e. The number of aromatic nitrogens is 1. The van der Waals surface area contributed by atoms with Crippen LogP contribution in [0.3, 0.4) is 0 Å². The average Bonchev–Trinajstić information content (AvgIpc) is 3.53. The van der Waals surface area contributed by atoms with Crippen molar-refractivity contribution in [1.29, 1.82) is 10.5 Å². The molecule has 3 atom stereocenters. The van der Waals surface area contributed by atoms with E-state index in [9.17, 15) is 10.5 Å². The molecule has 0 saturated carbocycles. The Morgan fingerprint density at radius 3 is 2.64 bits per heavy atom. The maximum atomic E-state index is 10.3. The molecule has 212 valence electrons. The van der Waals surface area contributed by atoms with E-state index in [1.165, 1.54) is 22.2 Å². The van der Waals surface area contributed by atoms with Gasteiger partial charge < -0.3 is 9.47 Å². The van der Waals surface area contributed by atoms with Crippen LogP contribution in [0.1, 0.15) is 60.6 Å². The topological polar surface area (TPSA) is 55.8 Å². The molecule has 4 aliphatic rings. The van der Waals surface area contributed by atoms with Crippen molar-refractivity contribution in [3.63, 3.8) is 0 Å². The van der Waals surface area contributed by atoms with Crippen molar-refractivity contribution < 1.29 is 0 Å². The van der Waals surface area contributed by atoms with Crippen molar-refractivity contribution in [2.75, 3.05) is 4.90 Å². The Labute approximate surface area is 258 Å². The van der Waals surface area contributed by atoms with Crippen molar-refractivity contribution in [1.82, 2.24) is 4.57 Å². The van der Waals surface area contributed by atoms with E-state index in [4.69, 9.17) is 0 Å². The van der Waals surface area contributed by atoms with Crippen molar-refractivity contribution in [3.8, 4) is 17.8 Å². The van der Waals surface area contributed by atoms with Crippen LogP contribution >= 0.6 is 0 Å². The molecule has 0 N–H and O–H groups in total. The van der Waals surface area contributed by atoms with Gasteiger partial charge in [-0.15, -0.1) is 0 Å². The molecule has 0 fully saturated rings. The van der Waals surface area contributed by atoms with Gasteiger partial charge >= 0.3 is 0 Å². The lowest BCUT2D eigenvalue weighted by Crippen LogP contribution is -2.42. The quantitative estimate of drug-likeness (QED) is 0.247. The van der Waals surface area contributed by atoms with Crippen molar-refractivity contribution in [3.05, 3.63) is 137 Å². The standard InChI is InChI=1S/C40H32N4/c1-26-10-9-13-31(35(26)25-42)28-21-29(43-37-15-5-3-11-32(37)33-12-4-6-16-38(33)43)23-30(22-28)44-39-18-17-27(24-41)20-34(39)36-14-7-8-19-40(36,44)2/h3-5,7-9,11-15,17-23,26,36H,6,10,16H2,1-2H3. The maximum absolute atomic E-state index is 10.3. The minimum Gasteiger partial charge on any atom is -0.331 e. The molecule has 4 aromatic rings. The van der Waals surface area contributed by atoms with Crippen LogP contribution < -0.4 is 4.90 Å². The fourth-order valence-electron chi connectivity index (χ4n) is 7.87. The third-order valence-corrected chi connectivity index (χ3v) is 9.95. The molecule has 4 nitrogen and oxygen atoms in total. The monoisotopic (exact) mass is 568 g/mol. The zero-order chi connectivity index (χ0) is 30.0. The zero-order valence-electron chi connectivity index (χ0n) is 25.0. The molecule has 3 aromatic carbocycles. The number of nitrogens with zero attached hydrogens (tertiary/aromatic N) is 4. The Bertz CT molecular complexity index is 2120. The summed E-state index contributed by atoms with van der Waals surface area (Å²) in [6.45, 7) is 4.43. The molecule has 0 spiro atoms. The van der Waals surface area contributed by atoms with Gasteiger partial charge in [0.2, 0.25) is 0 Å². The third-order valence-electron chi connectivity index (χ3n) is 9.95. The van der Waals surface area contributed by atoms with E-state index in [0.717, 1.165) is 58.6 Å². The van der Waals surface area contributed by atoms with E-state index in [-0.39, 0.29) is 17.4 Å². The first-order chi connectivity index (χ1) is 21.5. The highest BCUT2D eigenvalue weighted by Crippen LogP contribution is 2.55. The number of hydrogen-bond donors (Lipinski definition) is 0. The minimum absolute atomic E-state index is 0.108. The van der Waals surface area contributed by atoms with Gasteiger partial charge in [0.25, 0.3) is 0 Å². The summed E-state index contributed by atoms with van der Waals surface area (Å²) >= 11 is 0. The number of allylic oxidation sites excluding steroid dienone is 7. The summed E-state index contributed by atoms with van der Waals surface area (Å²) in [5.74, 6) is 0.277. The Morgan fingerprint density at radius 2 is 1.77 bits per heavy atom. The first kappa shape index (κ1) is 26.3. The molecular formula is C40H32N4. The van der Waals surface area contributed by atoms with Gasteiger partial charge in [-0.2, -0.15) is 10.5 Å². The Morgan fingerprint density at radius 1 is 0.909 bits per heavy atom. The fourth-order valence-corrected chi connectivity index (χ4v) is 7.87. The Kier molecular flexibility index (Phi) is 5.90. The normalized spacial score (nSPS) is 23.0. The highest BCUT2D eigenvalue weighted by molar-refractivity contribution is 5.94. The molecule has 3 aliphatic carbocycles. The zero-order valence-corrected chi connectivity index (χ0v) is 25.0. The van der Waals surface area contributed by atoms with E-state index >= 15 is 0 Å². The summed E-state index contributed by atoms with van der Waals surface area (Å²) in [4.78, 5) is 2.45. The second-order valence-corrected chi connectivity index (χ2v) is 12.5. The van der Waals surface area contributed by atoms with Gasteiger partial charge in [0.1, 0.15) is 0 Å². The second kappa shape index (κ2) is 9.87. The smallest absolute Gasteiger partial charge is 0.0991 e. The third kappa shape index (κ3) is 3.74. The van der Waals surface area contributed by atoms with Gasteiger partial charge in [-0.1, -0.05) is 73.7 Å². The number of benzene rings is 3. The van der Waals surface area contributed by atoms with E-state index in [0.29, 0.717) is 5.56 Å². The maximum Gasteiger partial charge on any atom is 0.0991 e. The number of rotatable bonds is 3. The van der Waals surface area contributed by atoms with Crippen LogP contribution in [0.15, 0.2) is 109 Å². The second-order valence-electron chi connectivity index (χ2n) is 12.5. The van der Waals surface area contributed by atoms with Crippen LogP contribution in [-0.4, -0.2) is 10.1 Å². The lowest BCUT2D eigenvalue weighted by Gasteiger charge is -2.39. The minimum atomic E-state index is -0.357. The molecule has 44 heavy (non-hydrogen) atoms. The Balaban J connectivity index is 1.44. The molecule has 4 heteroatoms. The molecule has 0 amide bonds. The van der Waals surface area contributed by atoms with E-state index in [1.807, 2.05) is 6.07 Å². The highest BCUT2D eigenvalue weighted by Gasteiger charge is 2.47. The van der Waals surface area contributed by atoms with Crippen molar-refractivity contribution >= 4 is 33.9 Å². The van der Waals surface area contributed by atoms with Gasteiger partial charge in [0.05, 0.1) is 28.8 Å². The molecule has 0 bridgehead atoms. The molecule has 0 saturated heterocycles. The number of nitriles is 2. The number of anilines is 2. The average molecular weight is 569 g/mol. The summed E-state index contributed by atoms with van der Waals surface area (Å²) in [6.07, 6.45) is 20.5. The lowest BCUT2D eigenvalue weighted by atomic mass is 9.80. The first-order valence-corrected chi connectivity index (χ1v) is 15.5. The van der Waals surface area contributed by atoms with Gasteiger partial charge in [-0.05, 0) is 91.3 Å². The van der Waals surface area contributed by atoms with Gasteiger partial charge in [-0.25, -0.2) is 0 Å². The summed E-state index contributed by atoms with van der Waals surface area (Å²) in [7, 11) is 0. The number of para-hydroxylation sites is 1. The van der Waals surface area contributed by atoms with Gasteiger partial charge in [0, 0.05) is 45.2 Å². The Hall–Kier alpha value is -5.32. The molecule has 8 rings (SSSR count). The number of hydrogen-bond acceptors (Lipinski definition) is 3. The summed E-state index contributed by atoms with van der Waals surface area (Å²) in [5, 5.41) is 21.3. The summed E-state index contributed by atoms with van der Waals surface area (Å²) < 4.78 is 2.44. The molecule has 1 aliphatic heterocycles. The van der Waals surface area contributed by atoms with Crippen LogP contribution in [0, 0.1) is 28.6 Å². The van der Waals surface area contributed by atoms with Crippen molar-refractivity contribution in [2.24, 2.45) is 5.92 Å². The van der Waals surface area contributed by atoms with Crippen LogP contribution in [0.5, 0.6) is 0 Å². The predicted octanol–water partition coefficient (Wildman–Crippen LogP) is 9.45. The molecule has 2 heterocycles. The van der Waals surface area contributed by atoms with Crippen LogP contribution in [0.4, 0.5) is 11.4 Å². The number of fused-ring (bicyclic) bond motifs is 6. The van der Waals surface area contributed by atoms with Gasteiger partial charge in [-0.3, -0.25) is 0 Å². The molecular weight excluding hydrogens is 536 g/mol. The molecule has 0 radical (unpaired) electrons. The SMILES string of the molecule is CC1CC=CC(c2cc(N3c4ccc(C#N)cc4C4C=CC=CC43C)cc(-n3c4c(c5ccccc53)C=CCC4)c2)=C1C#N. The lowest BCUT2D eigenvalue weighted by molar-refractivity contribution is 0.542. The van der Waals surface area contributed by atoms with Crippen molar-refractivity contribution in [2.45, 2.75) is 44.6 Å². The van der Waals surface area contributed by atoms with E-state index in [2.05, 4.69) is 139 Å². The highest BCUT2D eigenvalue weighted by atomic mass is 15.2. The fraction of sp³-hybridized carbons (Fsp3) is 0.200. The van der Waals surface area contributed by atoms with E-state index in [1.54, 1.807) is 0 Å². The first-order valence-electron chi connectivity index (χ1n) is 15.5. The van der Waals surface area contributed by atoms with Gasteiger partial charge in [0.15, 0.2) is 0 Å². The van der Waals surface area contributed by atoms with Crippen LogP contribution in [-0.2, 0) is 6.42 Å². The van der Waals surface area contributed by atoms with E-state index < -0.39 is 0 Å². The predicted molar refractivity (Wildman–Crippen MR) is 179 cm³/mol.